The summed E-state index contributed by atoms with van der Waals surface area (Å²) in [7, 11) is 0. The Kier molecular flexibility index (Phi) is 6.17. The van der Waals surface area contributed by atoms with E-state index in [1.54, 1.807) is 24.3 Å². The monoisotopic (exact) mass is 372 g/mol. The predicted molar refractivity (Wildman–Crippen MR) is 86.0 cm³/mol. The molecule has 21 heavy (non-hydrogen) atoms. The van der Waals surface area contributed by atoms with Crippen molar-refractivity contribution in [2.45, 2.75) is 17.4 Å². The van der Waals surface area contributed by atoms with Gasteiger partial charge in [-0.15, -0.1) is 11.8 Å². The zero-order valence-electron chi connectivity index (χ0n) is 11.2. The number of nitrogens with two attached hydrogens (primary N) is 1. The van der Waals surface area contributed by atoms with Gasteiger partial charge in [-0.05, 0) is 46.1 Å². The van der Waals surface area contributed by atoms with Gasteiger partial charge in [-0.25, -0.2) is 8.78 Å². The molecule has 0 heterocycles. The molecule has 1 unspecified atom stereocenters. The number of thioether (sulfide) groups is 1. The molecule has 2 aromatic rings. The fourth-order valence-electron chi connectivity index (χ4n) is 1.89. The Balaban J connectivity index is 2.01. The van der Waals surface area contributed by atoms with Crippen LogP contribution in [0.5, 0.6) is 0 Å². The van der Waals surface area contributed by atoms with E-state index in [4.69, 9.17) is 5.84 Å². The first kappa shape index (κ1) is 16.4. The molecule has 0 aliphatic rings. The van der Waals surface area contributed by atoms with Crippen LogP contribution in [0, 0.1) is 11.6 Å². The van der Waals surface area contributed by atoms with Crippen LogP contribution in [-0.4, -0.2) is 11.8 Å². The summed E-state index contributed by atoms with van der Waals surface area (Å²) in [6, 6.07) is 11.4. The van der Waals surface area contributed by atoms with Gasteiger partial charge in [0.25, 0.3) is 0 Å². The van der Waals surface area contributed by atoms with E-state index in [-0.39, 0.29) is 17.7 Å². The SMILES string of the molecule is NNC(CSc1ccccc1F)Cc1cccc(F)c1Br. The van der Waals surface area contributed by atoms with Crippen molar-refractivity contribution in [3.05, 3.63) is 64.1 Å². The molecule has 2 nitrogen and oxygen atoms in total. The van der Waals surface area contributed by atoms with Crippen LogP contribution < -0.4 is 11.3 Å². The van der Waals surface area contributed by atoms with Crippen LogP contribution in [0.25, 0.3) is 0 Å². The number of rotatable bonds is 6. The van der Waals surface area contributed by atoms with Gasteiger partial charge in [0.2, 0.25) is 0 Å². The zero-order chi connectivity index (χ0) is 15.2. The molecule has 0 saturated heterocycles. The average Bonchev–Trinajstić information content (AvgIpc) is 2.49. The predicted octanol–water partition coefficient (Wildman–Crippen LogP) is 3.89. The third kappa shape index (κ3) is 4.51. The third-order valence-electron chi connectivity index (χ3n) is 3.01. The van der Waals surface area contributed by atoms with E-state index in [2.05, 4.69) is 21.4 Å². The van der Waals surface area contributed by atoms with Crippen LogP contribution >= 0.6 is 27.7 Å². The minimum Gasteiger partial charge on any atom is -0.271 e. The number of halogens is 3. The zero-order valence-corrected chi connectivity index (χ0v) is 13.6. The molecule has 2 aromatic carbocycles. The Morgan fingerprint density at radius 2 is 1.81 bits per heavy atom. The largest absolute Gasteiger partial charge is 0.271 e. The second-order valence-electron chi connectivity index (χ2n) is 4.52. The lowest BCUT2D eigenvalue weighted by atomic mass is 10.1. The minimum atomic E-state index is -0.301. The molecule has 0 saturated carbocycles. The summed E-state index contributed by atoms with van der Waals surface area (Å²) in [5.74, 6) is 5.58. The molecule has 6 heteroatoms. The van der Waals surface area contributed by atoms with Gasteiger partial charge in [-0.3, -0.25) is 11.3 Å². The van der Waals surface area contributed by atoms with Crippen LogP contribution in [0.4, 0.5) is 8.78 Å². The van der Waals surface area contributed by atoms with Gasteiger partial charge >= 0.3 is 0 Å². The van der Waals surface area contributed by atoms with Gasteiger partial charge in [-0.1, -0.05) is 24.3 Å². The molecule has 1 atom stereocenters. The molecule has 0 spiro atoms. The third-order valence-corrected chi connectivity index (χ3v) is 5.11. The highest BCUT2D eigenvalue weighted by Crippen LogP contribution is 2.25. The molecule has 0 radical (unpaired) electrons. The first-order chi connectivity index (χ1) is 10.1. The normalized spacial score (nSPS) is 12.4. The number of hydrogen-bond acceptors (Lipinski definition) is 3. The summed E-state index contributed by atoms with van der Waals surface area (Å²) in [6.07, 6.45) is 0.552. The van der Waals surface area contributed by atoms with Crippen LogP contribution in [0.3, 0.4) is 0 Å². The van der Waals surface area contributed by atoms with E-state index < -0.39 is 0 Å². The lowest BCUT2D eigenvalue weighted by molar-refractivity contribution is 0.566. The molecule has 0 aromatic heterocycles. The highest BCUT2D eigenvalue weighted by molar-refractivity contribution is 9.10. The van der Waals surface area contributed by atoms with Crippen molar-refractivity contribution >= 4 is 27.7 Å². The molecular weight excluding hydrogens is 358 g/mol. The minimum absolute atomic E-state index is 0.0901. The number of nitrogens with one attached hydrogen (secondary N) is 1. The lowest BCUT2D eigenvalue weighted by Crippen LogP contribution is -2.38. The molecule has 2 rings (SSSR count). The average molecular weight is 373 g/mol. The molecule has 0 aliphatic carbocycles. The summed E-state index contributed by atoms with van der Waals surface area (Å²) in [5.41, 5.74) is 3.53. The van der Waals surface area contributed by atoms with Crippen LogP contribution in [0.15, 0.2) is 51.8 Å². The number of hydrogen-bond donors (Lipinski definition) is 2. The van der Waals surface area contributed by atoms with E-state index >= 15 is 0 Å². The molecule has 0 bridgehead atoms. The first-order valence-corrected chi connectivity index (χ1v) is 8.16. The van der Waals surface area contributed by atoms with Crippen LogP contribution in [0.1, 0.15) is 5.56 Å². The van der Waals surface area contributed by atoms with Crippen molar-refractivity contribution in [2.24, 2.45) is 5.84 Å². The Labute approximate surface area is 135 Å². The smallest absolute Gasteiger partial charge is 0.137 e. The maximum atomic E-state index is 13.6. The van der Waals surface area contributed by atoms with Gasteiger partial charge < -0.3 is 0 Å². The van der Waals surface area contributed by atoms with Gasteiger partial charge in [0.15, 0.2) is 0 Å². The molecule has 3 N–H and O–H groups in total. The highest BCUT2D eigenvalue weighted by Gasteiger charge is 2.13. The van der Waals surface area contributed by atoms with Crippen molar-refractivity contribution in [1.82, 2.24) is 5.43 Å². The summed E-state index contributed by atoms with van der Waals surface area (Å²) in [5, 5.41) is 0. The second kappa shape index (κ2) is 7.89. The molecule has 0 fully saturated rings. The Bertz CT molecular complexity index is 610. The maximum Gasteiger partial charge on any atom is 0.137 e. The van der Waals surface area contributed by atoms with Gasteiger partial charge in [0.1, 0.15) is 11.6 Å². The van der Waals surface area contributed by atoms with Crippen molar-refractivity contribution in [3.63, 3.8) is 0 Å². The van der Waals surface area contributed by atoms with Gasteiger partial charge in [0.05, 0.1) is 4.47 Å². The van der Waals surface area contributed by atoms with E-state index in [9.17, 15) is 8.78 Å². The number of hydrazine groups is 1. The molecule has 0 aliphatic heterocycles. The summed E-state index contributed by atoms with van der Waals surface area (Å²) in [6.45, 7) is 0. The van der Waals surface area contributed by atoms with E-state index in [1.165, 1.54) is 23.9 Å². The van der Waals surface area contributed by atoms with E-state index in [1.807, 2.05) is 6.07 Å². The Morgan fingerprint density at radius 1 is 1.10 bits per heavy atom. The van der Waals surface area contributed by atoms with Crippen molar-refractivity contribution in [1.29, 1.82) is 0 Å². The lowest BCUT2D eigenvalue weighted by Gasteiger charge is -2.16. The van der Waals surface area contributed by atoms with Crippen molar-refractivity contribution in [3.8, 4) is 0 Å². The molecule has 112 valence electrons. The second-order valence-corrected chi connectivity index (χ2v) is 6.38. The van der Waals surface area contributed by atoms with Gasteiger partial charge in [0, 0.05) is 16.7 Å². The quantitative estimate of drug-likeness (QED) is 0.458. The molecule has 0 amide bonds. The van der Waals surface area contributed by atoms with Gasteiger partial charge in [-0.2, -0.15) is 0 Å². The summed E-state index contributed by atoms with van der Waals surface area (Å²) >= 11 is 4.62. The standard InChI is InChI=1S/C15H15BrF2N2S/c16-15-10(4-3-6-13(15)18)8-11(20-19)9-21-14-7-2-1-5-12(14)17/h1-7,11,20H,8-9,19H2. The fourth-order valence-corrected chi connectivity index (χ4v) is 3.29. The number of benzene rings is 2. The summed E-state index contributed by atoms with van der Waals surface area (Å²) in [4.78, 5) is 0.580. The summed E-state index contributed by atoms with van der Waals surface area (Å²) < 4.78 is 27.5. The van der Waals surface area contributed by atoms with E-state index in [0.29, 0.717) is 21.5 Å². The Hall–Kier alpha value is -0.950. The van der Waals surface area contributed by atoms with E-state index in [0.717, 1.165) is 5.56 Å². The fraction of sp³-hybridized carbons (Fsp3) is 0.200. The van der Waals surface area contributed by atoms with Crippen molar-refractivity contribution in [2.75, 3.05) is 5.75 Å². The topological polar surface area (TPSA) is 38.0 Å². The molecular formula is C15H15BrF2N2S. The Morgan fingerprint density at radius 3 is 2.52 bits per heavy atom. The highest BCUT2D eigenvalue weighted by atomic mass is 79.9. The first-order valence-electron chi connectivity index (χ1n) is 6.38. The van der Waals surface area contributed by atoms with Crippen molar-refractivity contribution < 1.29 is 8.78 Å². The van der Waals surface area contributed by atoms with Crippen LogP contribution in [0.2, 0.25) is 0 Å². The van der Waals surface area contributed by atoms with Crippen LogP contribution in [-0.2, 0) is 6.42 Å². The maximum absolute atomic E-state index is 13.6.